The van der Waals surface area contributed by atoms with E-state index in [1.807, 2.05) is 0 Å². The highest BCUT2D eigenvalue weighted by Crippen LogP contribution is 2.42. The van der Waals surface area contributed by atoms with Gasteiger partial charge in [0.25, 0.3) is 0 Å². The number of nitrogens with zero attached hydrogens (tertiary/aromatic N) is 6. The van der Waals surface area contributed by atoms with Gasteiger partial charge in [0.2, 0.25) is 0 Å². The summed E-state index contributed by atoms with van der Waals surface area (Å²) in [6.07, 6.45) is 8.69. The number of aromatic nitrogens is 4. The van der Waals surface area contributed by atoms with E-state index in [2.05, 4.69) is 167 Å². The lowest BCUT2D eigenvalue weighted by atomic mass is 10.0. The van der Waals surface area contributed by atoms with Crippen LogP contribution >= 0.6 is 0 Å². The van der Waals surface area contributed by atoms with Crippen molar-refractivity contribution in [3.05, 3.63) is 71.3 Å². The van der Waals surface area contributed by atoms with E-state index < -0.39 is 0 Å². The summed E-state index contributed by atoms with van der Waals surface area (Å²) in [5.74, 6) is 0. The molecule has 2 aliphatic heterocycles. The Morgan fingerprint density at radius 1 is 0.457 bits per heavy atom. The standard InChI is InChI=1S/C38H50N8/c1-43(2,3)33-24-32-34(25-16-14-13-15-17-25)26-18-19-27(39-26)36(44(4,5)6)28-20-21-29(40-28)37(45(7,8)9)30-22-23-31(41-30)38(35(33)42-32)46(10,11)12/h13-24,40,42H,1-12H3/q+4. The summed E-state index contributed by atoms with van der Waals surface area (Å²) in [6.45, 7) is 0. The van der Waals surface area contributed by atoms with Crippen LogP contribution in [0, 0.1) is 0 Å². The summed E-state index contributed by atoms with van der Waals surface area (Å²) in [7, 11) is 26.6. The predicted octanol–water partition coefficient (Wildman–Crippen LogP) is 7.11. The lowest BCUT2D eigenvalue weighted by Gasteiger charge is -2.27. The summed E-state index contributed by atoms with van der Waals surface area (Å²) >= 11 is 0. The van der Waals surface area contributed by atoms with Gasteiger partial charge < -0.3 is 9.97 Å². The molecule has 0 saturated heterocycles. The number of nitrogens with one attached hydrogen (secondary N) is 2. The lowest BCUT2D eigenvalue weighted by molar-refractivity contribution is 0.478. The smallest absolute Gasteiger partial charge is 0.188 e. The van der Waals surface area contributed by atoms with Crippen molar-refractivity contribution < 1.29 is 0 Å². The molecule has 0 amide bonds. The minimum absolute atomic E-state index is 0.594. The van der Waals surface area contributed by atoms with Crippen LogP contribution in [-0.2, 0) is 0 Å². The molecule has 0 aliphatic carbocycles. The highest BCUT2D eigenvalue weighted by Gasteiger charge is 2.32. The Labute approximate surface area is 273 Å². The van der Waals surface area contributed by atoms with Gasteiger partial charge in [-0.3, -0.25) is 17.9 Å². The number of H-pyrrole nitrogens is 2. The number of quaternary nitrogens is 4. The third kappa shape index (κ3) is 5.62. The molecule has 0 atom stereocenters. The Kier molecular flexibility index (Phi) is 7.29. The maximum absolute atomic E-state index is 5.40. The summed E-state index contributed by atoms with van der Waals surface area (Å²) in [6, 6.07) is 17.3. The number of hydrogen-bond acceptors (Lipinski definition) is 2. The third-order valence-corrected chi connectivity index (χ3v) is 8.56. The van der Waals surface area contributed by atoms with Crippen LogP contribution < -0.4 is 17.9 Å². The zero-order chi connectivity index (χ0) is 33.4. The van der Waals surface area contributed by atoms with Crippen molar-refractivity contribution in [3.63, 3.8) is 0 Å². The first kappa shape index (κ1) is 31.6. The van der Waals surface area contributed by atoms with Crippen LogP contribution in [0.15, 0.2) is 48.5 Å². The molecule has 3 aromatic heterocycles. The molecule has 0 saturated carbocycles. The normalized spacial score (nSPS) is 13.9. The van der Waals surface area contributed by atoms with Crippen LogP contribution in [0.4, 0.5) is 22.7 Å². The molecular weight excluding hydrogens is 568 g/mol. The van der Waals surface area contributed by atoms with E-state index in [4.69, 9.17) is 9.97 Å². The van der Waals surface area contributed by atoms with Crippen LogP contribution in [0.5, 0.6) is 0 Å². The zero-order valence-electron chi connectivity index (χ0n) is 29.6. The van der Waals surface area contributed by atoms with Gasteiger partial charge in [0.1, 0.15) is 28.1 Å². The van der Waals surface area contributed by atoms with Crippen molar-refractivity contribution in [2.45, 2.75) is 0 Å². The third-order valence-electron chi connectivity index (χ3n) is 8.56. The molecule has 8 heteroatoms. The predicted molar refractivity (Wildman–Crippen MR) is 203 cm³/mol. The topological polar surface area (TPSA) is 57.4 Å². The Balaban J connectivity index is 1.95. The number of hydrogen-bond donors (Lipinski definition) is 2. The molecular formula is C38H50N8+4. The van der Waals surface area contributed by atoms with E-state index in [0.717, 1.165) is 73.0 Å². The highest BCUT2D eigenvalue weighted by atomic mass is 15.3. The Bertz CT molecular complexity index is 2060. The zero-order valence-corrected chi connectivity index (χ0v) is 29.6. The molecule has 5 heterocycles. The first-order valence-electron chi connectivity index (χ1n) is 15.9. The minimum Gasteiger partial charge on any atom is -0.346 e. The van der Waals surface area contributed by atoms with Gasteiger partial charge in [-0.1, -0.05) is 30.3 Å². The van der Waals surface area contributed by atoms with Crippen molar-refractivity contribution >= 4 is 69.1 Å². The molecule has 8 bridgehead atoms. The van der Waals surface area contributed by atoms with Gasteiger partial charge in [-0.05, 0) is 42.0 Å². The fourth-order valence-electron chi connectivity index (χ4n) is 6.76. The van der Waals surface area contributed by atoms with Crippen molar-refractivity contribution in [3.8, 4) is 11.1 Å². The van der Waals surface area contributed by atoms with E-state index in [0.29, 0.717) is 17.9 Å². The van der Waals surface area contributed by atoms with Crippen molar-refractivity contribution in [1.82, 2.24) is 37.9 Å². The van der Waals surface area contributed by atoms with Gasteiger partial charge in [-0.2, -0.15) is 0 Å². The Morgan fingerprint density at radius 2 is 0.913 bits per heavy atom. The number of rotatable bonds is 5. The van der Waals surface area contributed by atoms with E-state index >= 15 is 0 Å². The molecule has 0 radical (unpaired) electrons. The number of benzene rings is 1. The van der Waals surface area contributed by atoms with Crippen molar-refractivity contribution in [2.24, 2.45) is 0 Å². The van der Waals surface area contributed by atoms with Crippen molar-refractivity contribution in [1.29, 1.82) is 0 Å². The molecule has 46 heavy (non-hydrogen) atoms. The highest BCUT2D eigenvalue weighted by molar-refractivity contribution is 6.00. The molecule has 238 valence electrons. The van der Waals surface area contributed by atoms with Crippen LogP contribution in [-0.4, -0.2) is 105 Å². The van der Waals surface area contributed by atoms with Crippen molar-refractivity contribution in [2.75, 3.05) is 84.6 Å². The molecule has 2 N–H and O–H groups in total. The molecule has 0 spiro atoms. The van der Waals surface area contributed by atoms with Gasteiger partial charge >= 0.3 is 0 Å². The quantitative estimate of drug-likeness (QED) is 0.202. The van der Waals surface area contributed by atoms with Crippen LogP contribution in [0.1, 0.15) is 22.8 Å². The molecule has 1 aromatic carbocycles. The molecule has 4 aromatic rings. The second kappa shape index (κ2) is 10.6. The first-order valence-corrected chi connectivity index (χ1v) is 15.9. The van der Waals surface area contributed by atoms with E-state index in [1.54, 1.807) is 0 Å². The van der Waals surface area contributed by atoms with Gasteiger partial charge in [0, 0.05) is 11.6 Å². The average molecular weight is 619 g/mol. The Morgan fingerprint density at radius 3 is 1.39 bits per heavy atom. The van der Waals surface area contributed by atoms with Crippen LogP contribution in [0.3, 0.4) is 0 Å². The summed E-state index contributed by atoms with van der Waals surface area (Å²) in [5, 5.41) is 0. The Hall–Kier alpha value is -4.34. The van der Waals surface area contributed by atoms with Gasteiger partial charge in [-0.15, -0.1) is 0 Å². The second-order valence-corrected chi connectivity index (χ2v) is 16.0. The van der Waals surface area contributed by atoms with Gasteiger partial charge in [0.05, 0.1) is 95.8 Å². The molecule has 8 nitrogen and oxygen atoms in total. The fraction of sp³-hybridized carbons (Fsp3) is 0.316. The maximum atomic E-state index is 5.40. The summed E-state index contributed by atoms with van der Waals surface area (Å²) in [4.78, 5) is 18.5. The SMILES string of the molecule is C[N+](C)(C)c1c2nc(c(-c3ccccc3)c3cc([N+](C)(C)C)c([nH]3)c([N+](C)(C)C)c3nc(c([N+](C)(C)C)c4ccc1[nH]4)C=C3)C=C2. The number of fused-ring (bicyclic) bond motifs is 8. The second-order valence-electron chi connectivity index (χ2n) is 16.0. The first-order chi connectivity index (χ1) is 21.3. The van der Waals surface area contributed by atoms with Gasteiger partial charge in [0.15, 0.2) is 28.3 Å². The lowest BCUT2D eigenvalue weighted by Crippen LogP contribution is -2.38. The van der Waals surface area contributed by atoms with Crippen LogP contribution in [0.2, 0.25) is 0 Å². The van der Waals surface area contributed by atoms with E-state index in [9.17, 15) is 0 Å². The van der Waals surface area contributed by atoms with Crippen LogP contribution in [0.25, 0.3) is 57.5 Å². The summed E-state index contributed by atoms with van der Waals surface area (Å²) in [5.41, 5.74) is 14.8. The van der Waals surface area contributed by atoms with E-state index in [1.165, 1.54) is 5.69 Å². The molecule has 0 fully saturated rings. The largest absolute Gasteiger partial charge is 0.346 e. The molecule has 0 unspecified atom stereocenters. The van der Waals surface area contributed by atoms with E-state index in [-0.39, 0.29) is 0 Å². The molecule has 6 rings (SSSR count). The average Bonchev–Trinajstić information content (AvgIpc) is 3.72. The maximum Gasteiger partial charge on any atom is 0.188 e. The number of aromatic amines is 2. The fourth-order valence-corrected chi connectivity index (χ4v) is 6.76. The minimum atomic E-state index is 0.594. The monoisotopic (exact) mass is 618 g/mol. The summed E-state index contributed by atoms with van der Waals surface area (Å²) < 4.78 is 2.46. The molecule has 2 aliphatic rings. The van der Waals surface area contributed by atoms with Gasteiger partial charge in [-0.25, -0.2) is 9.97 Å².